The molecule has 2 aromatic carbocycles. The number of thiocarbonyl (C=S) groups is 1. The minimum absolute atomic E-state index is 0.0859. The van der Waals surface area contributed by atoms with Crippen molar-refractivity contribution in [1.29, 1.82) is 0 Å². The van der Waals surface area contributed by atoms with Crippen LogP contribution in [0.3, 0.4) is 0 Å². The van der Waals surface area contributed by atoms with Crippen LogP contribution in [0.5, 0.6) is 5.75 Å². The molecule has 6 heteroatoms. The maximum atomic E-state index is 12.0. The van der Waals surface area contributed by atoms with Crippen LogP contribution in [-0.4, -0.2) is 17.6 Å². The molecule has 0 saturated carbocycles. The zero-order valence-corrected chi connectivity index (χ0v) is 16.7. The molecular formula is C18H19IN2O2S. The number of nitrogens with one attached hydrogen (secondary N) is 2. The van der Waals surface area contributed by atoms with Crippen LogP contribution in [0.25, 0.3) is 0 Å². The molecule has 0 heterocycles. The third-order valence-corrected chi connectivity index (χ3v) is 5.31. The predicted molar refractivity (Wildman–Crippen MR) is 110 cm³/mol. The lowest BCUT2D eigenvalue weighted by molar-refractivity contribution is -0.121. The van der Waals surface area contributed by atoms with Crippen LogP contribution in [0, 0.1) is 24.3 Å². The Kier molecular flexibility index (Phi) is 6.56. The fourth-order valence-corrected chi connectivity index (χ4v) is 2.75. The molecule has 0 radical (unpaired) electrons. The van der Waals surface area contributed by atoms with Gasteiger partial charge in [0.1, 0.15) is 5.75 Å². The van der Waals surface area contributed by atoms with Crippen molar-refractivity contribution in [3.63, 3.8) is 0 Å². The van der Waals surface area contributed by atoms with Gasteiger partial charge in [-0.15, -0.1) is 0 Å². The number of hydrogen-bond acceptors (Lipinski definition) is 3. The molecule has 0 spiro atoms. The van der Waals surface area contributed by atoms with Crippen molar-refractivity contribution < 1.29 is 9.53 Å². The van der Waals surface area contributed by atoms with Crippen LogP contribution in [0.15, 0.2) is 36.4 Å². The Morgan fingerprint density at radius 1 is 1.12 bits per heavy atom. The van der Waals surface area contributed by atoms with Crippen molar-refractivity contribution in [2.24, 2.45) is 0 Å². The largest absolute Gasteiger partial charge is 0.483 e. The zero-order valence-electron chi connectivity index (χ0n) is 13.8. The van der Waals surface area contributed by atoms with Gasteiger partial charge in [0.25, 0.3) is 5.91 Å². The van der Waals surface area contributed by atoms with Crippen molar-refractivity contribution in [2.75, 3.05) is 11.9 Å². The number of rotatable bonds is 4. The highest BCUT2D eigenvalue weighted by Crippen LogP contribution is 2.21. The van der Waals surface area contributed by atoms with E-state index < -0.39 is 0 Å². The molecule has 0 aromatic heterocycles. The molecule has 2 rings (SSSR count). The molecule has 0 saturated heterocycles. The Balaban J connectivity index is 1.88. The lowest BCUT2D eigenvalue weighted by Gasteiger charge is -2.13. The van der Waals surface area contributed by atoms with Gasteiger partial charge in [0.05, 0.1) is 0 Å². The molecule has 0 aliphatic carbocycles. The van der Waals surface area contributed by atoms with E-state index >= 15 is 0 Å². The Morgan fingerprint density at radius 2 is 1.75 bits per heavy atom. The van der Waals surface area contributed by atoms with Crippen molar-refractivity contribution in [1.82, 2.24) is 5.32 Å². The Morgan fingerprint density at radius 3 is 2.38 bits per heavy atom. The molecule has 2 N–H and O–H groups in total. The number of carbonyl (C=O) groups is 1. The zero-order chi connectivity index (χ0) is 17.7. The summed E-state index contributed by atoms with van der Waals surface area (Å²) in [5, 5.41) is 5.92. The monoisotopic (exact) mass is 454 g/mol. The smallest absolute Gasteiger partial charge is 0.264 e. The second kappa shape index (κ2) is 8.43. The van der Waals surface area contributed by atoms with Gasteiger partial charge in [-0.25, -0.2) is 0 Å². The first-order valence-electron chi connectivity index (χ1n) is 7.43. The Labute approximate surface area is 161 Å². The van der Waals surface area contributed by atoms with E-state index in [1.54, 1.807) is 0 Å². The highest BCUT2D eigenvalue weighted by molar-refractivity contribution is 14.1. The highest BCUT2D eigenvalue weighted by atomic mass is 127. The van der Waals surface area contributed by atoms with Gasteiger partial charge in [-0.2, -0.15) is 0 Å². The fourth-order valence-electron chi connectivity index (χ4n) is 2.20. The van der Waals surface area contributed by atoms with Gasteiger partial charge < -0.3 is 10.1 Å². The second-order valence-corrected chi connectivity index (χ2v) is 6.97. The van der Waals surface area contributed by atoms with E-state index in [0.717, 1.165) is 22.4 Å². The number of amides is 1. The molecule has 0 aliphatic rings. The van der Waals surface area contributed by atoms with E-state index in [1.807, 2.05) is 57.2 Å². The van der Waals surface area contributed by atoms with E-state index in [1.165, 1.54) is 3.57 Å². The van der Waals surface area contributed by atoms with Crippen LogP contribution in [0.2, 0.25) is 0 Å². The average Bonchev–Trinajstić information content (AvgIpc) is 2.51. The number of para-hydroxylation sites is 1. The lowest BCUT2D eigenvalue weighted by atomic mass is 10.1. The van der Waals surface area contributed by atoms with Gasteiger partial charge in [-0.05, 0) is 90.5 Å². The molecule has 4 nitrogen and oxygen atoms in total. The predicted octanol–water partition coefficient (Wildman–Crippen LogP) is 4.11. The summed E-state index contributed by atoms with van der Waals surface area (Å²) in [5.74, 6) is 0.394. The molecule has 1 amide bonds. The summed E-state index contributed by atoms with van der Waals surface area (Å²) in [6.45, 7) is 5.92. The summed E-state index contributed by atoms with van der Waals surface area (Å²) in [4.78, 5) is 12.0. The van der Waals surface area contributed by atoms with Crippen LogP contribution < -0.4 is 15.4 Å². The van der Waals surface area contributed by atoms with Gasteiger partial charge in [0.2, 0.25) is 0 Å². The number of carbonyl (C=O) groups excluding carboxylic acids is 1. The van der Waals surface area contributed by atoms with E-state index in [-0.39, 0.29) is 17.6 Å². The van der Waals surface area contributed by atoms with Crippen LogP contribution in [0.4, 0.5) is 5.69 Å². The molecule has 0 atom stereocenters. The topological polar surface area (TPSA) is 50.4 Å². The van der Waals surface area contributed by atoms with Crippen LogP contribution in [0.1, 0.15) is 16.7 Å². The van der Waals surface area contributed by atoms with Crippen molar-refractivity contribution >= 4 is 51.5 Å². The molecule has 0 fully saturated rings. The van der Waals surface area contributed by atoms with Crippen LogP contribution >= 0.6 is 34.8 Å². The van der Waals surface area contributed by atoms with E-state index in [0.29, 0.717) is 5.75 Å². The van der Waals surface area contributed by atoms with Gasteiger partial charge in [0, 0.05) is 9.26 Å². The van der Waals surface area contributed by atoms with Gasteiger partial charge in [0.15, 0.2) is 11.7 Å². The standard InChI is InChI=1S/C18H19IN2O2S/c1-11-6-4-5-7-15(11)23-10-16(22)21-18(24)20-14-8-12(2)17(19)13(3)9-14/h4-9H,10H2,1-3H3,(H2,20,21,22,24). The van der Waals surface area contributed by atoms with Crippen molar-refractivity contribution in [2.45, 2.75) is 20.8 Å². The number of aryl methyl sites for hydroxylation is 3. The maximum absolute atomic E-state index is 12.0. The summed E-state index contributed by atoms with van der Waals surface area (Å²) < 4.78 is 6.73. The minimum atomic E-state index is -0.297. The van der Waals surface area contributed by atoms with E-state index in [4.69, 9.17) is 17.0 Å². The summed E-state index contributed by atoms with van der Waals surface area (Å²) in [5.41, 5.74) is 4.16. The molecular weight excluding hydrogens is 435 g/mol. The number of ether oxygens (including phenoxy) is 1. The first-order valence-corrected chi connectivity index (χ1v) is 8.91. The first kappa shape index (κ1) is 18.7. The van der Waals surface area contributed by atoms with Gasteiger partial charge >= 0.3 is 0 Å². The van der Waals surface area contributed by atoms with E-state index in [9.17, 15) is 4.79 Å². The third-order valence-electron chi connectivity index (χ3n) is 3.40. The van der Waals surface area contributed by atoms with Gasteiger partial charge in [-0.3, -0.25) is 10.1 Å². The summed E-state index contributed by atoms with van der Waals surface area (Å²) in [6.07, 6.45) is 0. The molecule has 2 aromatic rings. The third kappa shape index (κ3) is 5.17. The first-order chi connectivity index (χ1) is 11.4. The number of anilines is 1. The van der Waals surface area contributed by atoms with Crippen LogP contribution in [-0.2, 0) is 4.79 Å². The summed E-state index contributed by atoms with van der Waals surface area (Å²) in [7, 11) is 0. The average molecular weight is 454 g/mol. The van der Waals surface area contributed by atoms with Crippen molar-refractivity contribution in [3.05, 3.63) is 56.7 Å². The number of hydrogen-bond donors (Lipinski definition) is 2. The normalized spacial score (nSPS) is 10.2. The lowest BCUT2D eigenvalue weighted by Crippen LogP contribution is -2.37. The molecule has 0 bridgehead atoms. The Bertz CT molecular complexity index is 754. The molecule has 24 heavy (non-hydrogen) atoms. The maximum Gasteiger partial charge on any atom is 0.264 e. The molecule has 0 aliphatic heterocycles. The number of halogens is 1. The highest BCUT2D eigenvalue weighted by Gasteiger charge is 2.08. The molecule has 0 unspecified atom stereocenters. The van der Waals surface area contributed by atoms with Crippen molar-refractivity contribution in [3.8, 4) is 5.75 Å². The van der Waals surface area contributed by atoms with E-state index in [2.05, 4.69) is 33.2 Å². The summed E-state index contributed by atoms with van der Waals surface area (Å²) >= 11 is 7.50. The fraction of sp³-hybridized carbons (Fsp3) is 0.222. The minimum Gasteiger partial charge on any atom is -0.483 e. The summed E-state index contributed by atoms with van der Waals surface area (Å²) in [6, 6.07) is 11.5. The molecule has 126 valence electrons. The Hall–Kier alpha value is -1.67. The quantitative estimate of drug-likeness (QED) is 0.540. The second-order valence-electron chi connectivity index (χ2n) is 5.48. The SMILES string of the molecule is Cc1ccccc1OCC(=O)NC(=S)Nc1cc(C)c(I)c(C)c1. The van der Waals surface area contributed by atoms with Gasteiger partial charge in [-0.1, -0.05) is 18.2 Å². The number of benzene rings is 2.